The van der Waals surface area contributed by atoms with Crippen molar-refractivity contribution in [3.05, 3.63) is 89.7 Å². The van der Waals surface area contributed by atoms with Crippen molar-refractivity contribution in [2.24, 2.45) is 7.05 Å². The van der Waals surface area contributed by atoms with Crippen LogP contribution in [-0.4, -0.2) is 16.7 Å². The van der Waals surface area contributed by atoms with Crippen molar-refractivity contribution in [2.45, 2.75) is 6.61 Å². The standard InChI is InChI=1S/C25H21N3O2/c1-28-22-13-7-6-12-21(22)27-25(28)20(16-26)15-19-11-8-14-23(29-2)24(19)30-17-18-9-4-3-5-10-18/h3-15H,17H2,1-2H3/b20-15-. The van der Waals surface area contributed by atoms with Gasteiger partial charge >= 0.3 is 0 Å². The molecule has 5 nitrogen and oxygen atoms in total. The maximum absolute atomic E-state index is 9.87. The van der Waals surface area contributed by atoms with Crippen LogP contribution in [0.25, 0.3) is 22.7 Å². The topological polar surface area (TPSA) is 60.1 Å². The fourth-order valence-electron chi connectivity index (χ4n) is 3.38. The first kappa shape index (κ1) is 19.3. The second kappa shape index (κ2) is 8.54. The Bertz CT molecular complexity index is 1250. The zero-order valence-electron chi connectivity index (χ0n) is 16.9. The fraction of sp³-hybridized carbons (Fsp3) is 0.120. The van der Waals surface area contributed by atoms with Crippen LogP contribution in [0.15, 0.2) is 72.8 Å². The van der Waals surface area contributed by atoms with Crippen LogP contribution >= 0.6 is 0 Å². The number of methoxy groups -OCH3 is 1. The van der Waals surface area contributed by atoms with Crippen molar-refractivity contribution in [1.82, 2.24) is 9.55 Å². The predicted molar refractivity (Wildman–Crippen MR) is 118 cm³/mol. The smallest absolute Gasteiger partial charge is 0.168 e. The molecule has 0 aliphatic carbocycles. The molecule has 4 aromatic rings. The molecule has 1 heterocycles. The van der Waals surface area contributed by atoms with Gasteiger partial charge in [0.25, 0.3) is 0 Å². The molecule has 0 aliphatic rings. The Morgan fingerprint density at radius 3 is 2.53 bits per heavy atom. The van der Waals surface area contributed by atoms with Gasteiger partial charge in [0.1, 0.15) is 12.7 Å². The lowest BCUT2D eigenvalue weighted by Crippen LogP contribution is -2.00. The Hall–Kier alpha value is -4.04. The lowest BCUT2D eigenvalue weighted by atomic mass is 10.1. The zero-order chi connectivity index (χ0) is 20.9. The molecule has 4 rings (SSSR count). The molecule has 5 heteroatoms. The number of para-hydroxylation sites is 3. The van der Waals surface area contributed by atoms with Crippen molar-refractivity contribution in [3.8, 4) is 17.6 Å². The monoisotopic (exact) mass is 395 g/mol. The van der Waals surface area contributed by atoms with Crippen molar-refractivity contribution in [3.63, 3.8) is 0 Å². The van der Waals surface area contributed by atoms with Crippen LogP contribution in [0.2, 0.25) is 0 Å². The minimum atomic E-state index is 0.399. The molecule has 30 heavy (non-hydrogen) atoms. The molecular weight excluding hydrogens is 374 g/mol. The second-order valence-electron chi connectivity index (χ2n) is 6.81. The van der Waals surface area contributed by atoms with Crippen LogP contribution < -0.4 is 9.47 Å². The molecule has 0 amide bonds. The highest BCUT2D eigenvalue weighted by Gasteiger charge is 2.15. The first-order chi connectivity index (χ1) is 14.7. The number of allylic oxidation sites excluding steroid dienone is 1. The molecule has 3 aromatic carbocycles. The zero-order valence-corrected chi connectivity index (χ0v) is 16.9. The molecule has 1 aromatic heterocycles. The van der Waals surface area contributed by atoms with Crippen LogP contribution in [0.3, 0.4) is 0 Å². The van der Waals surface area contributed by atoms with Gasteiger partial charge in [-0.25, -0.2) is 4.98 Å². The largest absolute Gasteiger partial charge is 0.493 e. The van der Waals surface area contributed by atoms with E-state index in [-0.39, 0.29) is 0 Å². The first-order valence-corrected chi connectivity index (χ1v) is 9.58. The molecule has 0 saturated carbocycles. The molecule has 148 valence electrons. The number of nitriles is 1. The van der Waals surface area contributed by atoms with Crippen LogP contribution in [-0.2, 0) is 13.7 Å². The third-order valence-electron chi connectivity index (χ3n) is 4.90. The molecule has 0 radical (unpaired) electrons. The highest BCUT2D eigenvalue weighted by molar-refractivity contribution is 5.92. The number of hydrogen-bond acceptors (Lipinski definition) is 4. The number of aromatic nitrogens is 2. The van der Waals surface area contributed by atoms with E-state index in [0.717, 1.165) is 22.2 Å². The average molecular weight is 395 g/mol. The fourth-order valence-corrected chi connectivity index (χ4v) is 3.38. The number of aryl methyl sites for hydroxylation is 1. The summed E-state index contributed by atoms with van der Waals surface area (Å²) in [6.45, 7) is 0.399. The van der Waals surface area contributed by atoms with Gasteiger partial charge in [-0.2, -0.15) is 5.26 Å². The van der Waals surface area contributed by atoms with E-state index in [4.69, 9.17) is 9.47 Å². The van der Waals surface area contributed by atoms with Crippen molar-refractivity contribution in [2.75, 3.05) is 7.11 Å². The van der Waals surface area contributed by atoms with E-state index in [2.05, 4.69) is 11.1 Å². The number of fused-ring (bicyclic) bond motifs is 1. The maximum Gasteiger partial charge on any atom is 0.168 e. The van der Waals surface area contributed by atoms with E-state index < -0.39 is 0 Å². The number of imidazole rings is 1. The molecule has 0 unspecified atom stereocenters. The van der Waals surface area contributed by atoms with Crippen LogP contribution in [0, 0.1) is 11.3 Å². The summed E-state index contributed by atoms with van der Waals surface area (Å²) in [6, 6.07) is 25.7. The summed E-state index contributed by atoms with van der Waals surface area (Å²) in [7, 11) is 3.52. The summed E-state index contributed by atoms with van der Waals surface area (Å²) in [5.41, 5.74) is 4.08. The second-order valence-corrected chi connectivity index (χ2v) is 6.81. The Morgan fingerprint density at radius 2 is 1.80 bits per heavy atom. The van der Waals surface area contributed by atoms with Gasteiger partial charge in [0.2, 0.25) is 0 Å². The third-order valence-corrected chi connectivity index (χ3v) is 4.90. The summed E-state index contributed by atoms with van der Waals surface area (Å²) >= 11 is 0. The van der Waals surface area contributed by atoms with Crippen molar-refractivity contribution >= 4 is 22.7 Å². The normalized spacial score (nSPS) is 11.3. The van der Waals surface area contributed by atoms with Crippen LogP contribution in [0.1, 0.15) is 17.0 Å². The van der Waals surface area contributed by atoms with Gasteiger partial charge in [-0.15, -0.1) is 0 Å². The summed E-state index contributed by atoms with van der Waals surface area (Å²) in [5, 5.41) is 9.87. The summed E-state index contributed by atoms with van der Waals surface area (Å²) in [5.74, 6) is 1.81. The van der Waals surface area contributed by atoms with Gasteiger partial charge in [-0.1, -0.05) is 54.6 Å². The summed E-state index contributed by atoms with van der Waals surface area (Å²) < 4.78 is 13.5. The van der Waals surface area contributed by atoms with E-state index in [1.54, 1.807) is 13.2 Å². The molecule has 0 N–H and O–H groups in total. The minimum Gasteiger partial charge on any atom is -0.493 e. The SMILES string of the molecule is COc1cccc(/C=C(/C#N)c2nc3ccccc3n2C)c1OCc1ccccc1. The molecule has 0 fully saturated rings. The maximum atomic E-state index is 9.87. The Labute approximate surface area is 175 Å². The van der Waals surface area contributed by atoms with E-state index in [1.165, 1.54) is 0 Å². The number of hydrogen-bond donors (Lipinski definition) is 0. The number of rotatable bonds is 6. The van der Waals surface area contributed by atoms with Crippen LogP contribution in [0.4, 0.5) is 0 Å². The molecule has 0 atom stereocenters. The van der Waals surface area contributed by atoms with Gasteiger partial charge in [-0.05, 0) is 29.8 Å². The lowest BCUT2D eigenvalue weighted by molar-refractivity contribution is 0.284. The van der Waals surface area contributed by atoms with Crippen LogP contribution in [0.5, 0.6) is 11.5 Å². The third kappa shape index (κ3) is 3.76. The molecule has 0 saturated heterocycles. The van der Waals surface area contributed by atoms with E-state index in [0.29, 0.717) is 29.5 Å². The summed E-state index contributed by atoms with van der Waals surface area (Å²) in [6.07, 6.45) is 1.80. The Kier molecular flexibility index (Phi) is 5.49. The van der Waals surface area contributed by atoms with Gasteiger partial charge in [0.15, 0.2) is 17.3 Å². The Morgan fingerprint density at radius 1 is 1.03 bits per heavy atom. The Balaban J connectivity index is 1.75. The molecular formula is C25H21N3O2. The van der Waals surface area contributed by atoms with Crippen molar-refractivity contribution in [1.29, 1.82) is 5.26 Å². The summed E-state index contributed by atoms with van der Waals surface area (Å²) in [4.78, 5) is 4.65. The van der Waals surface area contributed by atoms with Gasteiger partial charge in [0, 0.05) is 12.6 Å². The van der Waals surface area contributed by atoms with E-state index in [1.807, 2.05) is 84.4 Å². The average Bonchev–Trinajstić information content (AvgIpc) is 3.13. The molecule has 0 aliphatic heterocycles. The first-order valence-electron chi connectivity index (χ1n) is 9.58. The van der Waals surface area contributed by atoms with Crippen molar-refractivity contribution < 1.29 is 9.47 Å². The number of nitrogens with zero attached hydrogens (tertiary/aromatic N) is 3. The number of ether oxygens (including phenoxy) is 2. The number of benzene rings is 3. The van der Waals surface area contributed by atoms with E-state index in [9.17, 15) is 5.26 Å². The lowest BCUT2D eigenvalue weighted by Gasteiger charge is -2.14. The highest BCUT2D eigenvalue weighted by Crippen LogP contribution is 2.34. The van der Waals surface area contributed by atoms with Gasteiger partial charge in [-0.3, -0.25) is 0 Å². The van der Waals surface area contributed by atoms with Gasteiger partial charge in [0.05, 0.1) is 23.7 Å². The predicted octanol–water partition coefficient (Wildman–Crippen LogP) is 5.23. The highest BCUT2D eigenvalue weighted by atomic mass is 16.5. The molecule has 0 bridgehead atoms. The minimum absolute atomic E-state index is 0.399. The van der Waals surface area contributed by atoms with Gasteiger partial charge < -0.3 is 14.0 Å². The quantitative estimate of drug-likeness (QED) is 0.420. The van der Waals surface area contributed by atoms with E-state index >= 15 is 0 Å². The molecule has 0 spiro atoms.